The Morgan fingerprint density at radius 1 is 1.33 bits per heavy atom. The number of fused-ring (bicyclic) bond motifs is 3. The van der Waals surface area contributed by atoms with E-state index in [-0.39, 0.29) is 5.78 Å². The summed E-state index contributed by atoms with van der Waals surface area (Å²) in [5.74, 6) is 0.652. The van der Waals surface area contributed by atoms with Crippen LogP contribution in [0.2, 0.25) is 0 Å². The summed E-state index contributed by atoms with van der Waals surface area (Å²) in [5, 5.41) is 1.79. The smallest absolute Gasteiger partial charge is 0.188 e. The van der Waals surface area contributed by atoms with Gasteiger partial charge in [0.05, 0.1) is 12.8 Å². The molecule has 0 saturated carbocycles. The average molecular weight is 198 g/mol. The molecule has 3 nitrogen and oxygen atoms in total. The third-order valence-electron chi connectivity index (χ3n) is 2.51. The zero-order chi connectivity index (χ0) is 10.3. The van der Waals surface area contributed by atoms with E-state index in [0.717, 1.165) is 10.8 Å². The maximum atomic E-state index is 11.6. The fraction of sp³-hybridized carbons (Fsp3) is 0.167. The lowest BCUT2D eigenvalue weighted by molar-refractivity contribution is 0.0928. The maximum absolute atomic E-state index is 11.6. The molecule has 1 aromatic heterocycles. The van der Waals surface area contributed by atoms with Crippen LogP contribution < -0.4 is 4.74 Å². The van der Waals surface area contributed by atoms with Crippen molar-refractivity contribution in [3.05, 3.63) is 36.2 Å². The van der Waals surface area contributed by atoms with E-state index in [1.54, 1.807) is 0 Å². The van der Waals surface area contributed by atoms with Gasteiger partial charge in [-0.15, -0.1) is 0 Å². The quantitative estimate of drug-likeness (QED) is 0.650. The van der Waals surface area contributed by atoms with Crippen LogP contribution in [0, 0.1) is 6.20 Å². The molecule has 15 heavy (non-hydrogen) atoms. The molecule has 0 atom stereocenters. The molecule has 0 spiro atoms. The summed E-state index contributed by atoms with van der Waals surface area (Å²) >= 11 is 0. The number of rotatable bonds is 0. The van der Waals surface area contributed by atoms with Crippen molar-refractivity contribution >= 4 is 16.6 Å². The number of carbonyl (C=O) groups is 1. The van der Waals surface area contributed by atoms with Gasteiger partial charge in [0.2, 0.25) is 0 Å². The molecule has 0 unspecified atom stereocenters. The molecule has 0 bridgehead atoms. The molecule has 2 heterocycles. The monoisotopic (exact) mass is 198 g/mol. The third kappa shape index (κ3) is 1.20. The molecule has 0 saturated heterocycles. The molecule has 0 fully saturated rings. The van der Waals surface area contributed by atoms with Crippen LogP contribution in [0.25, 0.3) is 10.8 Å². The van der Waals surface area contributed by atoms with E-state index in [2.05, 4.69) is 11.2 Å². The lowest BCUT2D eigenvalue weighted by atomic mass is 10.1. The highest BCUT2D eigenvalue weighted by Crippen LogP contribution is 2.30. The molecule has 3 heteroatoms. The van der Waals surface area contributed by atoms with Gasteiger partial charge in [-0.25, -0.2) is 4.98 Å². The second-order valence-electron chi connectivity index (χ2n) is 3.47. The number of Topliss-reactive ketones (excluding diaryl/α,β-unsaturated/α-hetero) is 1. The van der Waals surface area contributed by atoms with E-state index < -0.39 is 0 Å². The zero-order valence-corrected chi connectivity index (χ0v) is 7.99. The van der Waals surface area contributed by atoms with Crippen molar-refractivity contribution in [2.75, 3.05) is 6.61 Å². The molecular weight excluding hydrogens is 190 g/mol. The SMILES string of the molecule is O=C1CCOc2c1n[c]c1ccccc21. The van der Waals surface area contributed by atoms with Gasteiger partial charge >= 0.3 is 0 Å². The van der Waals surface area contributed by atoms with Crippen LogP contribution in [0.1, 0.15) is 16.9 Å². The Morgan fingerprint density at radius 3 is 3.13 bits per heavy atom. The van der Waals surface area contributed by atoms with Crippen molar-refractivity contribution in [1.82, 2.24) is 4.98 Å². The first-order valence-electron chi connectivity index (χ1n) is 4.83. The Labute approximate surface area is 86.7 Å². The summed E-state index contributed by atoms with van der Waals surface area (Å²) in [7, 11) is 0. The predicted molar refractivity (Wildman–Crippen MR) is 55.0 cm³/mol. The van der Waals surface area contributed by atoms with Gasteiger partial charge in [-0.05, 0) is 0 Å². The predicted octanol–water partition coefficient (Wildman–Crippen LogP) is 2.00. The summed E-state index contributed by atoms with van der Waals surface area (Å²) in [6.07, 6.45) is 3.27. The van der Waals surface area contributed by atoms with Crippen molar-refractivity contribution in [2.24, 2.45) is 0 Å². The first kappa shape index (κ1) is 8.41. The summed E-state index contributed by atoms with van der Waals surface area (Å²) < 4.78 is 5.50. The molecule has 1 radical (unpaired) electrons. The molecule has 0 N–H and O–H groups in total. The molecule has 73 valence electrons. The Morgan fingerprint density at radius 2 is 2.20 bits per heavy atom. The average Bonchev–Trinajstić information content (AvgIpc) is 2.29. The zero-order valence-electron chi connectivity index (χ0n) is 7.99. The minimum Gasteiger partial charge on any atom is -0.490 e. The van der Waals surface area contributed by atoms with E-state index in [4.69, 9.17) is 4.74 Å². The molecule has 0 aliphatic carbocycles. The number of benzene rings is 1. The maximum Gasteiger partial charge on any atom is 0.188 e. The highest BCUT2D eigenvalue weighted by molar-refractivity contribution is 6.03. The second kappa shape index (κ2) is 3.05. The summed E-state index contributed by atoms with van der Waals surface area (Å²) in [6, 6.07) is 7.66. The number of aromatic nitrogens is 1. The number of ketones is 1. The van der Waals surface area contributed by atoms with Gasteiger partial charge in [0.25, 0.3) is 0 Å². The van der Waals surface area contributed by atoms with Crippen molar-refractivity contribution in [3.8, 4) is 5.75 Å². The normalized spacial score (nSPS) is 14.8. The van der Waals surface area contributed by atoms with Gasteiger partial charge in [-0.3, -0.25) is 4.79 Å². The first-order valence-corrected chi connectivity index (χ1v) is 4.83. The van der Waals surface area contributed by atoms with Crippen molar-refractivity contribution in [2.45, 2.75) is 6.42 Å². The van der Waals surface area contributed by atoms with Crippen LogP contribution in [-0.2, 0) is 0 Å². The lowest BCUT2D eigenvalue weighted by Gasteiger charge is -2.16. The van der Waals surface area contributed by atoms with Crippen LogP contribution in [0.4, 0.5) is 0 Å². The van der Waals surface area contributed by atoms with Gasteiger partial charge in [-0.1, -0.05) is 24.3 Å². The minimum absolute atomic E-state index is 0.0400. The Hall–Kier alpha value is -1.90. The molecular formula is C12H8NO2. The second-order valence-corrected chi connectivity index (χ2v) is 3.47. The number of nitrogens with zero attached hydrogens (tertiary/aromatic N) is 1. The molecule has 1 aliphatic rings. The van der Waals surface area contributed by atoms with Gasteiger partial charge in [0.1, 0.15) is 5.69 Å². The van der Waals surface area contributed by atoms with E-state index in [1.807, 2.05) is 24.3 Å². The fourth-order valence-electron chi connectivity index (χ4n) is 1.77. The van der Waals surface area contributed by atoms with Crippen LogP contribution >= 0.6 is 0 Å². The largest absolute Gasteiger partial charge is 0.490 e. The third-order valence-corrected chi connectivity index (χ3v) is 2.51. The lowest BCUT2D eigenvalue weighted by Crippen LogP contribution is -2.17. The minimum atomic E-state index is 0.0400. The summed E-state index contributed by atoms with van der Waals surface area (Å²) in [6.45, 7) is 0.446. The van der Waals surface area contributed by atoms with Crippen LogP contribution in [0.3, 0.4) is 0 Å². The van der Waals surface area contributed by atoms with Crippen LogP contribution in [0.5, 0.6) is 5.75 Å². The fourth-order valence-corrected chi connectivity index (χ4v) is 1.77. The van der Waals surface area contributed by atoms with Crippen LogP contribution in [0.15, 0.2) is 24.3 Å². The Balaban J connectivity index is 2.38. The molecule has 1 aliphatic heterocycles. The number of carbonyl (C=O) groups excluding carboxylic acids is 1. The molecule has 3 rings (SSSR count). The Kier molecular flexibility index (Phi) is 1.71. The van der Waals surface area contributed by atoms with Crippen LogP contribution in [-0.4, -0.2) is 17.4 Å². The van der Waals surface area contributed by atoms with E-state index in [9.17, 15) is 4.79 Å². The van der Waals surface area contributed by atoms with Crippen molar-refractivity contribution < 1.29 is 9.53 Å². The Bertz CT molecular complexity index is 548. The number of pyridine rings is 1. The molecule has 1 aromatic carbocycles. The van der Waals surface area contributed by atoms with E-state index in [1.165, 1.54) is 0 Å². The van der Waals surface area contributed by atoms with E-state index >= 15 is 0 Å². The van der Waals surface area contributed by atoms with Crippen molar-refractivity contribution in [3.63, 3.8) is 0 Å². The molecule has 2 aromatic rings. The highest BCUT2D eigenvalue weighted by atomic mass is 16.5. The van der Waals surface area contributed by atoms with E-state index in [0.29, 0.717) is 24.5 Å². The molecule has 0 amide bonds. The number of hydrogen-bond donors (Lipinski definition) is 0. The van der Waals surface area contributed by atoms with Gasteiger partial charge in [0, 0.05) is 17.2 Å². The summed E-state index contributed by atoms with van der Waals surface area (Å²) in [4.78, 5) is 15.6. The highest BCUT2D eigenvalue weighted by Gasteiger charge is 2.21. The first-order chi connectivity index (χ1) is 7.36. The summed E-state index contributed by atoms with van der Waals surface area (Å²) in [5.41, 5.74) is 0.417. The topological polar surface area (TPSA) is 39.2 Å². The number of hydrogen-bond acceptors (Lipinski definition) is 3. The van der Waals surface area contributed by atoms with Gasteiger partial charge in [-0.2, -0.15) is 0 Å². The standard InChI is InChI=1S/C12H8NO2/c14-10-5-6-15-12-9-4-2-1-3-8(9)7-13-11(10)12/h1-4H,5-6H2. The van der Waals surface area contributed by atoms with Gasteiger partial charge < -0.3 is 4.74 Å². The van der Waals surface area contributed by atoms with Crippen molar-refractivity contribution in [1.29, 1.82) is 0 Å². The van der Waals surface area contributed by atoms with Gasteiger partial charge in [0.15, 0.2) is 11.5 Å². The number of ether oxygens (including phenoxy) is 1.